The maximum Gasteiger partial charge on any atom is 0.273 e. The van der Waals surface area contributed by atoms with Gasteiger partial charge in [-0.25, -0.2) is 9.97 Å². The van der Waals surface area contributed by atoms with Crippen molar-refractivity contribution in [2.24, 2.45) is 0 Å². The Morgan fingerprint density at radius 3 is 2.54 bits per heavy atom. The third-order valence-electron chi connectivity index (χ3n) is 4.64. The SMILES string of the molecule is CC(=O)N1CCN(C(=O)c2nc(N)nc3c2CCCC3)CC(O)C1. The topological polar surface area (TPSA) is 113 Å². The summed E-state index contributed by atoms with van der Waals surface area (Å²) in [6.45, 7) is 2.66. The smallest absolute Gasteiger partial charge is 0.273 e. The first kappa shape index (κ1) is 16.6. The molecule has 2 aliphatic rings. The Kier molecular flexibility index (Phi) is 4.66. The van der Waals surface area contributed by atoms with E-state index in [1.165, 1.54) is 6.92 Å². The van der Waals surface area contributed by atoms with Gasteiger partial charge in [0.25, 0.3) is 5.91 Å². The molecule has 2 amide bonds. The van der Waals surface area contributed by atoms with Crippen LogP contribution < -0.4 is 5.73 Å². The maximum atomic E-state index is 13.0. The second kappa shape index (κ2) is 6.72. The van der Waals surface area contributed by atoms with Crippen molar-refractivity contribution in [2.75, 3.05) is 31.9 Å². The van der Waals surface area contributed by atoms with Crippen LogP contribution in [0.1, 0.15) is 41.5 Å². The molecule has 0 saturated carbocycles. The van der Waals surface area contributed by atoms with Gasteiger partial charge in [0.15, 0.2) is 0 Å². The molecule has 1 atom stereocenters. The fraction of sp³-hybridized carbons (Fsp3) is 0.625. The number of amides is 2. The van der Waals surface area contributed by atoms with Crippen molar-refractivity contribution in [2.45, 2.75) is 38.7 Å². The molecule has 0 radical (unpaired) electrons. The van der Waals surface area contributed by atoms with Crippen LogP contribution in [0.3, 0.4) is 0 Å². The number of carbonyl (C=O) groups is 2. The van der Waals surface area contributed by atoms with Crippen LogP contribution in [0, 0.1) is 0 Å². The molecule has 1 aliphatic carbocycles. The summed E-state index contributed by atoms with van der Waals surface area (Å²) >= 11 is 0. The summed E-state index contributed by atoms with van der Waals surface area (Å²) in [6.07, 6.45) is 2.85. The van der Waals surface area contributed by atoms with Gasteiger partial charge < -0.3 is 20.6 Å². The number of aromatic nitrogens is 2. The Bertz CT molecular complexity index is 663. The van der Waals surface area contributed by atoms with E-state index in [1.807, 2.05) is 0 Å². The molecule has 1 unspecified atom stereocenters. The molecule has 3 rings (SSSR count). The molecule has 1 fully saturated rings. The molecule has 130 valence electrons. The highest BCUT2D eigenvalue weighted by Gasteiger charge is 2.30. The predicted molar refractivity (Wildman–Crippen MR) is 87.3 cm³/mol. The first-order chi connectivity index (χ1) is 11.5. The maximum absolute atomic E-state index is 13.0. The molecule has 1 saturated heterocycles. The number of rotatable bonds is 1. The van der Waals surface area contributed by atoms with Crippen LogP contribution in [0.2, 0.25) is 0 Å². The number of nitrogens with zero attached hydrogens (tertiary/aromatic N) is 4. The van der Waals surface area contributed by atoms with Gasteiger partial charge in [0.05, 0.1) is 6.10 Å². The van der Waals surface area contributed by atoms with Crippen molar-refractivity contribution in [3.63, 3.8) is 0 Å². The van der Waals surface area contributed by atoms with Crippen LogP contribution in [0.25, 0.3) is 0 Å². The predicted octanol–water partition coefficient (Wildman–Crippen LogP) is -0.397. The Hall–Kier alpha value is -2.22. The van der Waals surface area contributed by atoms with E-state index >= 15 is 0 Å². The Morgan fingerprint density at radius 1 is 1.12 bits per heavy atom. The quantitative estimate of drug-likeness (QED) is 0.723. The van der Waals surface area contributed by atoms with Gasteiger partial charge in [-0.1, -0.05) is 0 Å². The minimum Gasteiger partial charge on any atom is -0.389 e. The van der Waals surface area contributed by atoms with E-state index in [9.17, 15) is 14.7 Å². The van der Waals surface area contributed by atoms with Crippen LogP contribution in [0.4, 0.5) is 5.95 Å². The fourth-order valence-electron chi connectivity index (χ4n) is 3.40. The molecule has 8 nitrogen and oxygen atoms in total. The van der Waals surface area contributed by atoms with Gasteiger partial charge in [-0.2, -0.15) is 0 Å². The average molecular weight is 333 g/mol. The normalized spacial score (nSPS) is 21.2. The summed E-state index contributed by atoms with van der Waals surface area (Å²) in [5.41, 5.74) is 7.86. The molecular formula is C16H23N5O3. The first-order valence-corrected chi connectivity index (χ1v) is 8.34. The van der Waals surface area contributed by atoms with Gasteiger partial charge in [-0.3, -0.25) is 9.59 Å². The Balaban J connectivity index is 1.86. The van der Waals surface area contributed by atoms with Crippen molar-refractivity contribution in [3.05, 3.63) is 17.0 Å². The number of anilines is 1. The van der Waals surface area contributed by atoms with Gasteiger partial charge in [0.2, 0.25) is 11.9 Å². The third kappa shape index (κ3) is 3.33. The van der Waals surface area contributed by atoms with E-state index in [0.717, 1.165) is 36.9 Å². The number of β-amino-alcohol motifs (C(OH)–C–C–N with tert-alkyl or cyclic N) is 1. The molecule has 0 aromatic carbocycles. The largest absolute Gasteiger partial charge is 0.389 e. The van der Waals surface area contributed by atoms with E-state index in [1.54, 1.807) is 9.80 Å². The molecule has 3 N–H and O–H groups in total. The summed E-state index contributed by atoms with van der Waals surface area (Å²) in [7, 11) is 0. The number of aryl methyl sites for hydroxylation is 1. The summed E-state index contributed by atoms with van der Waals surface area (Å²) in [4.78, 5) is 36.1. The van der Waals surface area contributed by atoms with E-state index < -0.39 is 6.10 Å². The molecule has 1 aromatic heterocycles. The van der Waals surface area contributed by atoms with Crippen molar-refractivity contribution in [1.29, 1.82) is 0 Å². The van der Waals surface area contributed by atoms with Crippen molar-refractivity contribution < 1.29 is 14.7 Å². The number of nitrogen functional groups attached to an aromatic ring is 1. The number of nitrogens with two attached hydrogens (primary N) is 1. The fourth-order valence-corrected chi connectivity index (χ4v) is 3.40. The number of hydrogen-bond donors (Lipinski definition) is 2. The van der Waals surface area contributed by atoms with Gasteiger partial charge in [-0.15, -0.1) is 0 Å². The zero-order valence-electron chi connectivity index (χ0n) is 13.9. The monoisotopic (exact) mass is 333 g/mol. The molecular weight excluding hydrogens is 310 g/mol. The minimum atomic E-state index is -0.768. The zero-order valence-corrected chi connectivity index (χ0v) is 13.9. The van der Waals surface area contributed by atoms with Gasteiger partial charge in [0, 0.05) is 44.4 Å². The van der Waals surface area contributed by atoms with Crippen LogP contribution in [0.5, 0.6) is 0 Å². The number of hydrogen-bond acceptors (Lipinski definition) is 6. The van der Waals surface area contributed by atoms with Gasteiger partial charge in [0.1, 0.15) is 5.69 Å². The molecule has 8 heteroatoms. The number of aliphatic hydroxyl groups excluding tert-OH is 1. The lowest BCUT2D eigenvalue weighted by molar-refractivity contribution is -0.129. The molecule has 2 heterocycles. The highest BCUT2D eigenvalue weighted by Crippen LogP contribution is 2.24. The minimum absolute atomic E-state index is 0.105. The van der Waals surface area contributed by atoms with Crippen LogP contribution in [0.15, 0.2) is 0 Å². The van der Waals surface area contributed by atoms with Crippen LogP contribution in [-0.4, -0.2) is 69.0 Å². The summed E-state index contributed by atoms with van der Waals surface area (Å²) in [6, 6.07) is 0. The summed E-state index contributed by atoms with van der Waals surface area (Å²) in [5, 5.41) is 10.1. The zero-order chi connectivity index (χ0) is 17.3. The Morgan fingerprint density at radius 2 is 1.79 bits per heavy atom. The highest BCUT2D eigenvalue weighted by molar-refractivity contribution is 5.94. The summed E-state index contributed by atoms with van der Waals surface area (Å²) in [5.74, 6) is -0.238. The molecule has 1 aromatic rings. The molecule has 0 bridgehead atoms. The van der Waals surface area contributed by atoms with E-state index in [2.05, 4.69) is 9.97 Å². The highest BCUT2D eigenvalue weighted by atomic mass is 16.3. The first-order valence-electron chi connectivity index (χ1n) is 8.34. The molecule has 0 spiro atoms. The van der Waals surface area contributed by atoms with Crippen molar-refractivity contribution in [3.8, 4) is 0 Å². The lowest BCUT2D eigenvalue weighted by atomic mass is 9.94. The van der Waals surface area contributed by atoms with Crippen LogP contribution in [-0.2, 0) is 17.6 Å². The van der Waals surface area contributed by atoms with E-state index in [-0.39, 0.29) is 30.9 Å². The molecule has 1 aliphatic heterocycles. The van der Waals surface area contributed by atoms with E-state index in [4.69, 9.17) is 5.73 Å². The van der Waals surface area contributed by atoms with Gasteiger partial charge in [-0.05, 0) is 25.7 Å². The second-order valence-corrected chi connectivity index (χ2v) is 6.43. The van der Waals surface area contributed by atoms with Gasteiger partial charge >= 0.3 is 0 Å². The standard InChI is InChI=1S/C16H23N5O3/c1-10(22)20-6-7-21(9-11(23)8-20)15(24)14-12-4-2-3-5-13(12)18-16(17)19-14/h11,23H,2-9H2,1H3,(H2,17,18,19). The Labute approximate surface area is 140 Å². The second-order valence-electron chi connectivity index (χ2n) is 6.43. The number of fused-ring (bicyclic) bond motifs is 1. The van der Waals surface area contributed by atoms with Crippen LogP contribution >= 0.6 is 0 Å². The summed E-state index contributed by atoms with van der Waals surface area (Å²) < 4.78 is 0. The lowest BCUT2D eigenvalue weighted by Crippen LogP contribution is -2.39. The lowest BCUT2D eigenvalue weighted by Gasteiger charge is -2.24. The van der Waals surface area contributed by atoms with Crippen molar-refractivity contribution in [1.82, 2.24) is 19.8 Å². The number of carbonyl (C=O) groups excluding carboxylic acids is 2. The number of aliphatic hydroxyl groups is 1. The van der Waals surface area contributed by atoms with E-state index in [0.29, 0.717) is 18.8 Å². The average Bonchev–Trinajstić information content (AvgIpc) is 2.75. The van der Waals surface area contributed by atoms with Crippen molar-refractivity contribution >= 4 is 17.8 Å². The molecule has 24 heavy (non-hydrogen) atoms. The third-order valence-corrected chi connectivity index (χ3v) is 4.64.